The Morgan fingerprint density at radius 2 is 2.08 bits per heavy atom. The Hall–Kier alpha value is -2.94. The third kappa shape index (κ3) is 3.05. The van der Waals surface area contributed by atoms with Gasteiger partial charge in [0.15, 0.2) is 5.13 Å². The van der Waals surface area contributed by atoms with Gasteiger partial charge in [0.25, 0.3) is 0 Å². The van der Waals surface area contributed by atoms with Crippen LogP contribution in [0.25, 0.3) is 10.2 Å². The molecule has 25 heavy (non-hydrogen) atoms. The standard InChI is InChI=1S/C16H13N3O5S/c20-15(12-5-6-14(24-12)19(21)22)23-10-3-4-11-13(9-10)25-16(17-11)18-7-1-2-8-18/h3-6,9H,1-2,7-8H2. The highest BCUT2D eigenvalue weighted by molar-refractivity contribution is 7.22. The van der Waals surface area contributed by atoms with E-state index in [-0.39, 0.29) is 5.76 Å². The van der Waals surface area contributed by atoms with E-state index in [4.69, 9.17) is 9.15 Å². The molecule has 0 N–H and O–H groups in total. The number of esters is 1. The van der Waals surface area contributed by atoms with Crippen LogP contribution < -0.4 is 9.64 Å². The van der Waals surface area contributed by atoms with Crippen molar-refractivity contribution in [2.75, 3.05) is 18.0 Å². The van der Waals surface area contributed by atoms with Crippen molar-refractivity contribution in [3.05, 3.63) is 46.2 Å². The fourth-order valence-corrected chi connectivity index (χ4v) is 3.74. The van der Waals surface area contributed by atoms with Gasteiger partial charge in [0, 0.05) is 19.2 Å². The average Bonchev–Trinajstić information content (AvgIpc) is 3.33. The summed E-state index contributed by atoms with van der Waals surface area (Å²) in [6, 6.07) is 7.51. The number of hydrogen-bond acceptors (Lipinski definition) is 8. The maximum absolute atomic E-state index is 12.0. The molecule has 0 unspecified atom stereocenters. The van der Waals surface area contributed by atoms with Crippen LogP contribution in [0.15, 0.2) is 34.7 Å². The Morgan fingerprint density at radius 1 is 1.28 bits per heavy atom. The first-order valence-corrected chi connectivity index (χ1v) is 8.54. The minimum absolute atomic E-state index is 0.214. The number of rotatable bonds is 4. The number of aromatic nitrogens is 1. The highest BCUT2D eigenvalue weighted by atomic mass is 32.1. The maximum Gasteiger partial charge on any atom is 0.433 e. The predicted octanol–water partition coefficient (Wildman–Crippen LogP) is 3.62. The summed E-state index contributed by atoms with van der Waals surface area (Å²) in [5, 5.41) is 11.6. The molecule has 1 aromatic carbocycles. The molecule has 0 saturated carbocycles. The molecule has 1 aliphatic heterocycles. The van der Waals surface area contributed by atoms with E-state index in [1.54, 1.807) is 29.5 Å². The van der Waals surface area contributed by atoms with Crippen molar-refractivity contribution in [3.63, 3.8) is 0 Å². The first-order chi connectivity index (χ1) is 12.1. The molecule has 2 aromatic heterocycles. The van der Waals surface area contributed by atoms with Crippen LogP contribution in [-0.2, 0) is 0 Å². The van der Waals surface area contributed by atoms with Crippen LogP contribution in [0.3, 0.4) is 0 Å². The molecule has 1 fully saturated rings. The molecular formula is C16H13N3O5S. The van der Waals surface area contributed by atoms with E-state index >= 15 is 0 Å². The Bertz CT molecular complexity index is 958. The van der Waals surface area contributed by atoms with Gasteiger partial charge in [-0.3, -0.25) is 10.1 Å². The lowest BCUT2D eigenvalue weighted by Gasteiger charge is -2.11. The summed E-state index contributed by atoms with van der Waals surface area (Å²) in [6.07, 6.45) is 2.35. The number of nitro groups is 1. The largest absolute Gasteiger partial charge is 0.433 e. The number of thiazole rings is 1. The highest BCUT2D eigenvalue weighted by Gasteiger charge is 2.20. The van der Waals surface area contributed by atoms with Crippen LogP contribution in [0.5, 0.6) is 5.75 Å². The summed E-state index contributed by atoms with van der Waals surface area (Å²) < 4.78 is 11.0. The first kappa shape index (κ1) is 15.6. The zero-order valence-electron chi connectivity index (χ0n) is 13.0. The van der Waals surface area contributed by atoms with Gasteiger partial charge in [-0.25, -0.2) is 9.78 Å². The van der Waals surface area contributed by atoms with E-state index in [1.165, 1.54) is 18.9 Å². The topological polar surface area (TPSA) is 98.7 Å². The van der Waals surface area contributed by atoms with E-state index < -0.39 is 16.8 Å². The second kappa shape index (κ2) is 6.17. The molecule has 0 bridgehead atoms. The van der Waals surface area contributed by atoms with Crippen molar-refractivity contribution in [1.82, 2.24) is 4.98 Å². The van der Waals surface area contributed by atoms with E-state index in [2.05, 4.69) is 9.88 Å². The fourth-order valence-electron chi connectivity index (χ4n) is 2.69. The summed E-state index contributed by atoms with van der Waals surface area (Å²) >= 11 is 1.55. The number of carbonyl (C=O) groups is 1. The van der Waals surface area contributed by atoms with E-state index in [0.29, 0.717) is 5.75 Å². The molecule has 0 amide bonds. The summed E-state index contributed by atoms with van der Waals surface area (Å²) in [7, 11) is 0. The van der Waals surface area contributed by atoms with Crippen molar-refractivity contribution in [3.8, 4) is 5.75 Å². The van der Waals surface area contributed by atoms with E-state index in [1.807, 2.05) is 0 Å². The first-order valence-electron chi connectivity index (χ1n) is 7.72. The highest BCUT2D eigenvalue weighted by Crippen LogP contribution is 2.33. The molecule has 1 aliphatic rings. The average molecular weight is 359 g/mol. The molecule has 3 aromatic rings. The van der Waals surface area contributed by atoms with Gasteiger partial charge < -0.3 is 14.1 Å². The van der Waals surface area contributed by atoms with Gasteiger partial charge in [0.2, 0.25) is 5.76 Å². The zero-order valence-corrected chi connectivity index (χ0v) is 13.8. The Balaban J connectivity index is 1.54. The smallest absolute Gasteiger partial charge is 0.421 e. The van der Waals surface area contributed by atoms with Crippen LogP contribution in [-0.4, -0.2) is 29.0 Å². The summed E-state index contributed by atoms with van der Waals surface area (Å²) in [4.78, 5) is 28.8. The Labute approximate surface area is 145 Å². The van der Waals surface area contributed by atoms with Crippen LogP contribution in [0.2, 0.25) is 0 Å². The lowest BCUT2D eigenvalue weighted by Crippen LogP contribution is -2.16. The van der Waals surface area contributed by atoms with Crippen molar-refractivity contribution in [2.24, 2.45) is 0 Å². The van der Waals surface area contributed by atoms with Crippen molar-refractivity contribution >= 4 is 38.5 Å². The molecule has 8 nitrogen and oxygen atoms in total. The fraction of sp³-hybridized carbons (Fsp3) is 0.250. The van der Waals surface area contributed by atoms with Gasteiger partial charge in [0.1, 0.15) is 10.7 Å². The molecular weight excluding hydrogens is 346 g/mol. The lowest BCUT2D eigenvalue weighted by molar-refractivity contribution is -0.402. The monoisotopic (exact) mass is 359 g/mol. The van der Waals surface area contributed by atoms with E-state index in [0.717, 1.165) is 34.5 Å². The number of ether oxygens (including phenoxy) is 1. The third-order valence-electron chi connectivity index (χ3n) is 3.91. The molecule has 0 aliphatic carbocycles. The number of fused-ring (bicyclic) bond motifs is 1. The molecule has 0 atom stereocenters. The normalized spacial score (nSPS) is 14.2. The number of furan rings is 1. The number of carbonyl (C=O) groups excluding carboxylic acids is 1. The minimum Gasteiger partial charge on any atom is -0.421 e. The van der Waals surface area contributed by atoms with Gasteiger partial charge in [-0.15, -0.1) is 0 Å². The lowest BCUT2D eigenvalue weighted by atomic mass is 10.3. The summed E-state index contributed by atoms with van der Waals surface area (Å²) in [5.74, 6) is -1.15. The molecule has 9 heteroatoms. The third-order valence-corrected chi connectivity index (χ3v) is 4.99. The quantitative estimate of drug-likeness (QED) is 0.304. The van der Waals surface area contributed by atoms with E-state index in [9.17, 15) is 14.9 Å². The molecule has 128 valence electrons. The number of benzene rings is 1. The second-order valence-corrected chi connectivity index (χ2v) is 6.61. The Kier molecular flexibility index (Phi) is 3.85. The SMILES string of the molecule is O=C(Oc1ccc2nc(N3CCCC3)sc2c1)c1ccc([N+](=O)[O-])o1. The van der Waals surface area contributed by atoms with Crippen LogP contribution in [0, 0.1) is 10.1 Å². The number of hydrogen-bond donors (Lipinski definition) is 0. The molecule has 0 spiro atoms. The van der Waals surface area contributed by atoms with Crippen molar-refractivity contribution < 1.29 is 18.9 Å². The maximum atomic E-state index is 12.0. The number of anilines is 1. The molecule has 3 heterocycles. The second-order valence-electron chi connectivity index (χ2n) is 5.60. The summed E-state index contributed by atoms with van der Waals surface area (Å²) in [6.45, 7) is 2.03. The van der Waals surface area contributed by atoms with Crippen LogP contribution in [0.1, 0.15) is 23.4 Å². The van der Waals surface area contributed by atoms with Gasteiger partial charge in [-0.1, -0.05) is 11.3 Å². The molecule has 4 rings (SSSR count). The van der Waals surface area contributed by atoms with Gasteiger partial charge in [0.05, 0.1) is 16.3 Å². The summed E-state index contributed by atoms with van der Waals surface area (Å²) in [5.41, 5.74) is 0.848. The van der Waals surface area contributed by atoms with Crippen molar-refractivity contribution in [2.45, 2.75) is 12.8 Å². The van der Waals surface area contributed by atoms with Gasteiger partial charge in [-0.2, -0.15) is 0 Å². The van der Waals surface area contributed by atoms with Gasteiger partial charge >= 0.3 is 11.9 Å². The van der Waals surface area contributed by atoms with Crippen molar-refractivity contribution in [1.29, 1.82) is 0 Å². The molecule has 1 saturated heterocycles. The molecule has 0 radical (unpaired) electrons. The van der Waals surface area contributed by atoms with Crippen LogP contribution in [0.4, 0.5) is 11.0 Å². The zero-order chi connectivity index (χ0) is 17.4. The van der Waals surface area contributed by atoms with Crippen LogP contribution >= 0.6 is 11.3 Å². The number of nitrogens with zero attached hydrogens (tertiary/aromatic N) is 3. The van der Waals surface area contributed by atoms with Gasteiger partial charge in [-0.05, 0) is 31.0 Å². The predicted molar refractivity (Wildman–Crippen MR) is 91.4 cm³/mol. The Morgan fingerprint density at radius 3 is 2.80 bits per heavy atom. The minimum atomic E-state index is -0.781.